The lowest BCUT2D eigenvalue weighted by Crippen LogP contribution is -2.34. The molecule has 1 aromatic heterocycles. The first-order chi connectivity index (χ1) is 11.1. The summed E-state index contributed by atoms with van der Waals surface area (Å²) < 4.78 is 0. The third-order valence-corrected chi connectivity index (χ3v) is 4.99. The molecule has 8 heteroatoms. The lowest BCUT2D eigenvalue weighted by atomic mass is 9.92. The first-order valence-electron chi connectivity index (χ1n) is 8.54. The smallest absolute Gasteiger partial charge is 0.229 e. The number of nitrogens with one attached hydrogen (secondary N) is 2. The standard InChI is InChI=1S/C15H26ClN7/c16-13-21-14(19-11-5-1-9(17)2-6-11)23-15(22-13)20-12-7-3-10(18)4-8-12/h9-12H,1-8,17-18H2,(H2,19,20,21,22,23). The zero-order valence-electron chi connectivity index (χ0n) is 13.3. The molecule has 2 aliphatic carbocycles. The molecular weight excluding hydrogens is 314 g/mol. The van der Waals surface area contributed by atoms with E-state index >= 15 is 0 Å². The molecule has 0 spiro atoms. The van der Waals surface area contributed by atoms with E-state index in [9.17, 15) is 0 Å². The van der Waals surface area contributed by atoms with Gasteiger partial charge in [0.1, 0.15) is 0 Å². The van der Waals surface area contributed by atoms with Crippen LogP contribution in [0, 0.1) is 0 Å². The number of hydrogen-bond acceptors (Lipinski definition) is 7. The van der Waals surface area contributed by atoms with Gasteiger partial charge in [-0.15, -0.1) is 0 Å². The Kier molecular flexibility index (Phi) is 5.50. The van der Waals surface area contributed by atoms with E-state index in [0.29, 0.717) is 36.1 Å². The van der Waals surface area contributed by atoms with Gasteiger partial charge in [0, 0.05) is 24.2 Å². The fraction of sp³-hybridized carbons (Fsp3) is 0.800. The van der Waals surface area contributed by atoms with Gasteiger partial charge in [-0.05, 0) is 63.0 Å². The van der Waals surface area contributed by atoms with E-state index in [-0.39, 0.29) is 5.28 Å². The summed E-state index contributed by atoms with van der Waals surface area (Å²) in [7, 11) is 0. The Balaban J connectivity index is 1.60. The summed E-state index contributed by atoms with van der Waals surface area (Å²) in [4.78, 5) is 12.9. The van der Waals surface area contributed by atoms with Crippen molar-refractivity contribution in [3.8, 4) is 0 Å². The van der Waals surface area contributed by atoms with Crippen molar-refractivity contribution >= 4 is 23.5 Å². The highest BCUT2D eigenvalue weighted by atomic mass is 35.5. The minimum atomic E-state index is 0.213. The molecule has 3 rings (SSSR count). The zero-order valence-corrected chi connectivity index (χ0v) is 14.1. The molecule has 0 atom stereocenters. The van der Waals surface area contributed by atoms with E-state index in [1.54, 1.807) is 0 Å². The molecular formula is C15H26ClN7. The van der Waals surface area contributed by atoms with Crippen LogP contribution in [-0.4, -0.2) is 39.1 Å². The second-order valence-corrected chi connectivity index (χ2v) is 7.10. The molecule has 2 saturated carbocycles. The van der Waals surface area contributed by atoms with Gasteiger partial charge in [-0.2, -0.15) is 15.0 Å². The molecule has 128 valence electrons. The van der Waals surface area contributed by atoms with Gasteiger partial charge in [0.15, 0.2) is 0 Å². The van der Waals surface area contributed by atoms with Crippen molar-refractivity contribution in [2.75, 3.05) is 10.6 Å². The third-order valence-electron chi connectivity index (χ3n) is 4.82. The summed E-state index contributed by atoms with van der Waals surface area (Å²) in [6, 6.07) is 1.36. The first kappa shape index (κ1) is 16.7. The monoisotopic (exact) mass is 339 g/mol. The molecule has 0 bridgehead atoms. The van der Waals surface area contributed by atoms with Crippen LogP contribution in [0.5, 0.6) is 0 Å². The molecule has 0 aromatic carbocycles. The Hall–Kier alpha value is -1.18. The van der Waals surface area contributed by atoms with Gasteiger partial charge >= 0.3 is 0 Å². The summed E-state index contributed by atoms with van der Waals surface area (Å²) in [5.41, 5.74) is 11.9. The molecule has 0 unspecified atom stereocenters. The van der Waals surface area contributed by atoms with Gasteiger partial charge in [-0.1, -0.05) is 0 Å². The topological polar surface area (TPSA) is 115 Å². The van der Waals surface area contributed by atoms with Gasteiger partial charge in [0.2, 0.25) is 17.2 Å². The van der Waals surface area contributed by atoms with E-state index in [2.05, 4.69) is 25.6 Å². The molecule has 2 aliphatic rings. The Bertz CT molecular complexity index is 468. The van der Waals surface area contributed by atoms with Crippen molar-refractivity contribution in [3.05, 3.63) is 5.28 Å². The zero-order chi connectivity index (χ0) is 16.2. The predicted octanol–water partition coefficient (Wildman–Crippen LogP) is 1.89. The lowest BCUT2D eigenvalue weighted by molar-refractivity contribution is 0.408. The normalized spacial score (nSPS) is 31.6. The van der Waals surface area contributed by atoms with Crippen LogP contribution in [0.15, 0.2) is 0 Å². The van der Waals surface area contributed by atoms with Crippen LogP contribution in [0.1, 0.15) is 51.4 Å². The molecule has 2 fully saturated rings. The molecule has 1 heterocycles. The average molecular weight is 340 g/mol. The van der Waals surface area contributed by atoms with E-state index in [1.807, 2.05) is 0 Å². The molecule has 1 aromatic rings. The minimum absolute atomic E-state index is 0.213. The van der Waals surface area contributed by atoms with Gasteiger partial charge in [0.25, 0.3) is 0 Å². The number of anilines is 2. The second kappa shape index (κ2) is 7.59. The maximum atomic E-state index is 6.05. The highest BCUT2D eigenvalue weighted by Crippen LogP contribution is 2.23. The number of nitrogens with zero attached hydrogens (tertiary/aromatic N) is 3. The van der Waals surface area contributed by atoms with Crippen molar-refractivity contribution in [3.63, 3.8) is 0 Å². The van der Waals surface area contributed by atoms with Crippen LogP contribution >= 0.6 is 11.6 Å². The lowest BCUT2D eigenvalue weighted by Gasteiger charge is -2.28. The van der Waals surface area contributed by atoms with Crippen molar-refractivity contribution in [2.24, 2.45) is 11.5 Å². The number of aromatic nitrogens is 3. The van der Waals surface area contributed by atoms with Gasteiger partial charge in [-0.25, -0.2) is 0 Å². The summed E-state index contributed by atoms with van der Waals surface area (Å²) in [6.07, 6.45) is 8.27. The van der Waals surface area contributed by atoms with Crippen LogP contribution in [0.2, 0.25) is 5.28 Å². The summed E-state index contributed by atoms with van der Waals surface area (Å²) in [6.45, 7) is 0. The largest absolute Gasteiger partial charge is 0.351 e. The highest BCUT2D eigenvalue weighted by molar-refractivity contribution is 6.28. The predicted molar refractivity (Wildman–Crippen MR) is 92.5 cm³/mol. The fourth-order valence-electron chi connectivity index (χ4n) is 3.37. The van der Waals surface area contributed by atoms with Crippen LogP contribution < -0.4 is 22.1 Å². The van der Waals surface area contributed by atoms with Crippen LogP contribution in [0.4, 0.5) is 11.9 Å². The summed E-state index contributed by atoms with van der Waals surface area (Å²) in [5, 5.41) is 6.94. The summed E-state index contributed by atoms with van der Waals surface area (Å²) >= 11 is 6.05. The quantitative estimate of drug-likeness (QED) is 0.662. The van der Waals surface area contributed by atoms with Crippen LogP contribution in [0.25, 0.3) is 0 Å². The minimum Gasteiger partial charge on any atom is -0.351 e. The van der Waals surface area contributed by atoms with Gasteiger partial charge in [-0.3, -0.25) is 0 Å². The van der Waals surface area contributed by atoms with E-state index in [0.717, 1.165) is 51.4 Å². The average Bonchev–Trinajstić information content (AvgIpc) is 2.51. The van der Waals surface area contributed by atoms with Gasteiger partial charge < -0.3 is 22.1 Å². The van der Waals surface area contributed by atoms with E-state index < -0.39 is 0 Å². The summed E-state index contributed by atoms with van der Waals surface area (Å²) in [5.74, 6) is 1.08. The maximum absolute atomic E-state index is 6.05. The number of halogens is 1. The third kappa shape index (κ3) is 4.89. The maximum Gasteiger partial charge on any atom is 0.229 e. The van der Waals surface area contributed by atoms with Crippen molar-refractivity contribution < 1.29 is 0 Å². The van der Waals surface area contributed by atoms with Crippen molar-refractivity contribution in [1.29, 1.82) is 0 Å². The first-order valence-corrected chi connectivity index (χ1v) is 8.92. The molecule has 0 amide bonds. The van der Waals surface area contributed by atoms with Crippen LogP contribution in [0.3, 0.4) is 0 Å². The molecule has 0 radical (unpaired) electrons. The Morgan fingerprint density at radius 3 is 1.48 bits per heavy atom. The van der Waals surface area contributed by atoms with Crippen molar-refractivity contribution in [1.82, 2.24) is 15.0 Å². The molecule has 0 saturated heterocycles. The molecule has 7 nitrogen and oxygen atoms in total. The number of rotatable bonds is 4. The second-order valence-electron chi connectivity index (χ2n) is 6.76. The highest BCUT2D eigenvalue weighted by Gasteiger charge is 2.21. The van der Waals surface area contributed by atoms with Crippen LogP contribution in [-0.2, 0) is 0 Å². The van der Waals surface area contributed by atoms with E-state index in [1.165, 1.54) is 0 Å². The fourth-order valence-corrected chi connectivity index (χ4v) is 3.53. The molecule has 6 N–H and O–H groups in total. The Morgan fingerprint density at radius 2 is 1.09 bits per heavy atom. The molecule has 23 heavy (non-hydrogen) atoms. The number of hydrogen-bond donors (Lipinski definition) is 4. The molecule has 0 aliphatic heterocycles. The Labute approximate surface area is 142 Å². The Morgan fingerprint density at radius 1 is 0.696 bits per heavy atom. The van der Waals surface area contributed by atoms with Crippen molar-refractivity contribution in [2.45, 2.75) is 75.5 Å². The number of nitrogens with two attached hydrogens (primary N) is 2. The van der Waals surface area contributed by atoms with Gasteiger partial charge in [0.05, 0.1) is 0 Å². The SMILES string of the molecule is NC1CCC(Nc2nc(Cl)nc(NC3CCC(N)CC3)n2)CC1. The van der Waals surface area contributed by atoms with E-state index in [4.69, 9.17) is 23.1 Å².